The van der Waals surface area contributed by atoms with E-state index in [0.717, 1.165) is 18.6 Å². The summed E-state index contributed by atoms with van der Waals surface area (Å²) in [6, 6.07) is 6.89. The van der Waals surface area contributed by atoms with Gasteiger partial charge in [-0.3, -0.25) is 4.90 Å². The maximum absolute atomic E-state index is 12.0. The van der Waals surface area contributed by atoms with Gasteiger partial charge in [0.15, 0.2) is 5.60 Å². The van der Waals surface area contributed by atoms with Crippen LogP contribution in [-0.2, 0) is 22.4 Å². The van der Waals surface area contributed by atoms with Crippen molar-refractivity contribution in [3.05, 3.63) is 29.3 Å². The molecule has 1 heterocycles. The Balaban J connectivity index is 1.67. The van der Waals surface area contributed by atoms with Crippen LogP contribution in [0.4, 0.5) is 0 Å². The second-order valence-corrected chi connectivity index (χ2v) is 7.42. The summed E-state index contributed by atoms with van der Waals surface area (Å²) in [5, 5.41) is 0. The summed E-state index contributed by atoms with van der Waals surface area (Å²) in [5.74, 6) is 0.433. The van der Waals surface area contributed by atoms with Crippen LogP contribution in [0, 0.1) is 0 Å². The number of fused-ring (bicyclic) bond motifs is 1. The van der Waals surface area contributed by atoms with Gasteiger partial charge in [-0.05, 0) is 82.8 Å². The third-order valence-electron chi connectivity index (χ3n) is 5.14. The standard InChI is InChI=1S/C20H29NO3/c1-4-23-19(22)20(2,3)24-18-9-8-15-12-17(13-16(15)14-18)21-10-6-5-7-11-21/h8-9,14,17H,4-7,10-13H2,1-3H3. The fraction of sp³-hybridized carbons (Fsp3) is 0.650. The van der Waals surface area contributed by atoms with Gasteiger partial charge in [0.25, 0.3) is 0 Å². The van der Waals surface area contributed by atoms with Crippen LogP contribution in [0.1, 0.15) is 51.2 Å². The molecule has 1 atom stereocenters. The molecule has 0 bridgehead atoms. The number of likely N-dealkylation sites (tertiary alicyclic amines) is 1. The van der Waals surface area contributed by atoms with Crippen LogP contribution >= 0.6 is 0 Å². The molecule has 3 rings (SSSR count). The fourth-order valence-electron chi connectivity index (χ4n) is 3.82. The van der Waals surface area contributed by atoms with Crippen molar-refractivity contribution in [2.24, 2.45) is 0 Å². The van der Waals surface area contributed by atoms with Crippen molar-refractivity contribution >= 4 is 5.97 Å². The number of carbonyl (C=O) groups excluding carboxylic acids is 1. The molecule has 1 fully saturated rings. The highest BCUT2D eigenvalue weighted by atomic mass is 16.6. The van der Waals surface area contributed by atoms with Crippen molar-refractivity contribution in [2.75, 3.05) is 19.7 Å². The van der Waals surface area contributed by atoms with E-state index in [1.165, 1.54) is 43.5 Å². The van der Waals surface area contributed by atoms with E-state index in [1.807, 2.05) is 13.0 Å². The maximum Gasteiger partial charge on any atom is 0.349 e. The smallest absolute Gasteiger partial charge is 0.349 e. The molecule has 24 heavy (non-hydrogen) atoms. The van der Waals surface area contributed by atoms with Gasteiger partial charge in [-0.1, -0.05) is 12.5 Å². The Morgan fingerprint density at radius 1 is 1.17 bits per heavy atom. The van der Waals surface area contributed by atoms with Gasteiger partial charge in [-0.2, -0.15) is 0 Å². The van der Waals surface area contributed by atoms with Gasteiger partial charge in [0.05, 0.1) is 6.61 Å². The Kier molecular flexibility index (Phi) is 5.14. The number of ether oxygens (including phenoxy) is 2. The molecule has 1 aliphatic heterocycles. The van der Waals surface area contributed by atoms with Crippen LogP contribution in [0.2, 0.25) is 0 Å². The molecule has 0 aromatic heterocycles. The Morgan fingerprint density at radius 3 is 2.58 bits per heavy atom. The van der Waals surface area contributed by atoms with Gasteiger partial charge in [0.1, 0.15) is 5.75 Å². The first kappa shape index (κ1) is 17.3. The minimum absolute atomic E-state index is 0.323. The summed E-state index contributed by atoms with van der Waals surface area (Å²) in [7, 11) is 0. The number of nitrogens with zero attached hydrogens (tertiary/aromatic N) is 1. The van der Waals surface area contributed by atoms with Crippen LogP contribution in [-0.4, -0.2) is 42.2 Å². The van der Waals surface area contributed by atoms with E-state index in [2.05, 4.69) is 17.0 Å². The Morgan fingerprint density at radius 2 is 1.88 bits per heavy atom. The van der Waals surface area contributed by atoms with Crippen LogP contribution in [0.5, 0.6) is 5.75 Å². The van der Waals surface area contributed by atoms with Crippen LogP contribution in [0.25, 0.3) is 0 Å². The Hall–Kier alpha value is -1.55. The summed E-state index contributed by atoms with van der Waals surface area (Å²) in [6.45, 7) is 8.16. The lowest BCUT2D eigenvalue weighted by atomic mass is 10.1. The zero-order valence-corrected chi connectivity index (χ0v) is 15.1. The Bertz CT molecular complexity index is 591. The molecule has 0 saturated carbocycles. The number of carbonyl (C=O) groups is 1. The molecule has 0 radical (unpaired) electrons. The second kappa shape index (κ2) is 7.14. The molecular formula is C20H29NO3. The minimum Gasteiger partial charge on any atom is -0.476 e. The molecule has 1 aromatic rings. The third-order valence-corrected chi connectivity index (χ3v) is 5.14. The number of benzene rings is 1. The highest BCUT2D eigenvalue weighted by Crippen LogP contribution is 2.31. The molecule has 0 amide bonds. The van der Waals surface area contributed by atoms with Crippen LogP contribution in [0.15, 0.2) is 18.2 Å². The summed E-state index contributed by atoms with van der Waals surface area (Å²) in [5.41, 5.74) is 1.82. The monoisotopic (exact) mass is 331 g/mol. The number of hydrogen-bond acceptors (Lipinski definition) is 4. The number of hydrogen-bond donors (Lipinski definition) is 0. The fourth-order valence-corrected chi connectivity index (χ4v) is 3.82. The highest BCUT2D eigenvalue weighted by molar-refractivity contribution is 5.79. The Labute approximate surface area is 145 Å². The van der Waals surface area contributed by atoms with Crippen LogP contribution in [0.3, 0.4) is 0 Å². The molecule has 4 heteroatoms. The lowest BCUT2D eigenvalue weighted by molar-refractivity contribution is -0.158. The molecule has 1 aliphatic carbocycles. The molecule has 0 N–H and O–H groups in total. The predicted molar refractivity (Wildman–Crippen MR) is 94.4 cm³/mol. The molecule has 1 aromatic carbocycles. The molecule has 0 spiro atoms. The van der Waals surface area contributed by atoms with E-state index in [0.29, 0.717) is 12.6 Å². The summed E-state index contributed by atoms with van der Waals surface area (Å²) in [4.78, 5) is 14.7. The zero-order valence-electron chi connectivity index (χ0n) is 15.1. The predicted octanol–water partition coefficient (Wildman–Crippen LogP) is 3.36. The van der Waals surface area contributed by atoms with E-state index in [4.69, 9.17) is 9.47 Å². The SMILES string of the molecule is CCOC(=O)C(C)(C)Oc1ccc2c(c1)CC(N1CCCCC1)C2. The zero-order chi connectivity index (χ0) is 17.2. The number of rotatable bonds is 5. The van der Waals surface area contributed by atoms with Crippen molar-refractivity contribution in [3.63, 3.8) is 0 Å². The average Bonchev–Trinajstić information content (AvgIpc) is 2.99. The van der Waals surface area contributed by atoms with E-state index in [1.54, 1.807) is 13.8 Å². The molecule has 132 valence electrons. The van der Waals surface area contributed by atoms with Gasteiger partial charge in [-0.25, -0.2) is 4.79 Å². The lowest BCUT2D eigenvalue weighted by Crippen LogP contribution is -2.39. The number of piperidine rings is 1. The van der Waals surface area contributed by atoms with Gasteiger partial charge >= 0.3 is 5.97 Å². The highest BCUT2D eigenvalue weighted by Gasteiger charge is 2.33. The van der Waals surface area contributed by atoms with E-state index >= 15 is 0 Å². The first-order chi connectivity index (χ1) is 11.5. The largest absolute Gasteiger partial charge is 0.476 e. The van der Waals surface area contributed by atoms with Crippen LogP contribution < -0.4 is 4.74 Å². The van der Waals surface area contributed by atoms with Crippen molar-refractivity contribution in [1.82, 2.24) is 4.90 Å². The number of esters is 1. The van der Waals surface area contributed by atoms with Crippen molar-refractivity contribution in [3.8, 4) is 5.75 Å². The van der Waals surface area contributed by atoms with Gasteiger partial charge < -0.3 is 9.47 Å². The normalized spacial score (nSPS) is 21.4. The van der Waals surface area contributed by atoms with E-state index in [-0.39, 0.29) is 5.97 Å². The summed E-state index contributed by atoms with van der Waals surface area (Å²) < 4.78 is 11.0. The topological polar surface area (TPSA) is 38.8 Å². The van der Waals surface area contributed by atoms with Crippen molar-refractivity contribution in [2.45, 2.75) is 64.5 Å². The van der Waals surface area contributed by atoms with Gasteiger partial charge in [0.2, 0.25) is 0 Å². The third kappa shape index (κ3) is 3.75. The summed E-state index contributed by atoms with van der Waals surface area (Å²) in [6.07, 6.45) is 6.25. The van der Waals surface area contributed by atoms with Gasteiger partial charge in [0, 0.05) is 6.04 Å². The lowest BCUT2D eigenvalue weighted by Gasteiger charge is -2.32. The maximum atomic E-state index is 12.0. The molecule has 4 nitrogen and oxygen atoms in total. The first-order valence-electron chi connectivity index (χ1n) is 9.21. The molecule has 2 aliphatic rings. The van der Waals surface area contributed by atoms with Crippen molar-refractivity contribution in [1.29, 1.82) is 0 Å². The average molecular weight is 331 g/mol. The second-order valence-electron chi connectivity index (χ2n) is 7.42. The molecule has 1 saturated heterocycles. The van der Waals surface area contributed by atoms with E-state index in [9.17, 15) is 4.79 Å². The minimum atomic E-state index is -0.963. The molecular weight excluding hydrogens is 302 g/mol. The quantitative estimate of drug-likeness (QED) is 0.776. The first-order valence-corrected chi connectivity index (χ1v) is 9.21. The van der Waals surface area contributed by atoms with E-state index < -0.39 is 5.60 Å². The van der Waals surface area contributed by atoms with Crippen molar-refractivity contribution < 1.29 is 14.3 Å². The van der Waals surface area contributed by atoms with Gasteiger partial charge in [-0.15, -0.1) is 0 Å². The molecule has 1 unspecified atom stereocenters. The summed E-state index contributed by atoms with van der Waals surface area (Å²) >= 11 is 0.